The van der Waals surface area contributed by atoms with E-state index in [1.807, 2.05) is 0 Å². The van der Waals surface area contributed by atoms with Crippen LogP contribution in [0.4, 0.5) is 0 Å². The maximum atomic E-state index is 9.06. The summed E-state index contributed by atoms with van der Waals surface area (Å²) in [5.41, 5.74) is 1.36. The molecular weight excluding hydrogens is 212 g/mol. The van der Waals surface area contributed by atoms with Crippen molar-refractivity contribution in [3.05, 3.63) is 24.0 Å². The van der Waals surface area contributed by atoms with Crippen LogP contribution in [-0.2, 0) is 13.1 Å². The zero-order valence-corrected chi connectivity index (χ0v) is 11.4. The highest BCUT2D eigenvalue weighted by molar-refractivity contribution is 5.10. The van der Waals surface area contributed by atoms with Crippen molar-refractivity contribution in [1.29, 1.82) is 0 Å². The molecule has 98 valence electrons. The maximum Gasteiger partial charge on any atom is 0.0448 e. The third kappa shape index (κ3) is 4.52. The van der Waals surface area contributed by atoms with Crippen LogP contribution < -0.4 is 5.32 Å². The summed E-state index contributed by atoms with van der Waals surface area (Å²) in [6, 6.07) is 2.16. The van der Waals surface area contributed by atoms with Crippen molar-refractivity contribution < 1.29 is 5.11 Å². The Morgan fingerprint density at radius 3 is 2.76 bits per heavy atom. The highest BCUT2D eigenvalue weighted by Gasteiger charge is 2.20. The van der Waals surface area contributed by atoms with E-state index >= 15 is 0 Å². The molecule has 0 bridgehead atoms. The summed E-state index contributed by atoms with van der Waals surface area (Å²) in [6.45, 7) is 8.72. The van der Waals surface area contributed by atoms with E-state index in [-0.39, 0.29) is 12.1 Å². The van der Waals surface area contributed by atoms with Crippen LogP contribution in [0, 0.1) is 0 Å². The smallest absolute Gasteiger partial charge is 0.0448 e. The normalized spacial score (nSPS) is 14.8. The molecule has 0 fully saturated rings. The Morgan fingerprint density at radius 2 is 2.18 bits per heavy atom. The van der Waals surface area contributed by atoms with Crippen LogP contribution in [0.15, 0.2) is 18.5 Å². The molecule has 0 aromatic carbocycles. The molecule has 0 saturated carbocycles. The number of rotatable bonds is 8. The summed E-state index contributed by atoms with van der Waals surface area (Å²) < 4.78 is 2.23. The molecular formula is C14H26N2O. The summed E-state index contributed by atoms with van der Waals surface area (Å²) in [7, 11) is 0. The molecule has 0 aliphatic heterocycles. The van der Waals surface area contributed by atoms with Gasteiger partial charge in [-0.15, -0.1) is 0 Å². The van der Waals surface area contributed by atoms with Crippen molar-refractivity contribution >= 4 is 0 Å². The summed E-state index contributed by atoms with van der Waals surface area (Å²) in [5, 5.41) is 12.6. The second-order valence-corrected chi connectivity index (χ2v) is 5.00. The number of nitrogens with one attached hydrogen (secondary N) is 1. The fourth-order valence-corrected chi connectivity index (χ4v) is 1.94. The minimum absolute atomic E-state index is 0.0433. The van der Waals surface area contributed by atoms with E-state index in [0.717, 1.165) is 25.9 Å². The lowest BCUT2D eigenvalue weighted by atomic mass is 9.95. The van der Waals surface area contributed by atoms with E-state index in [9.17, 15) is 0 Å². The van der Waals surface area contributed by atoms with Crippen LogP contribution in [-0.4, -0.2) is 21.8 Å². The van der Waals surface area contributed by atoms with Gasteiger partial charge in [0.2, 0.25) is 0 Å². The number of aryl methyl sites for hydroxylation is 1. The van der Waals surface area contributed by atoms with Crippen LogP contribution in [0.2, 0.25) is 0 Å². The van der Waals surface area contributed by atoms with E-state index < -0.39 is 0 Å². The van der Waals surface area contributed by atoms with E-state index in [1.54, 1.807) is 0 Å². The molecule has 0 spiro atoms. The van der Waals surface area contributed by atoms with Gasteiger partial charge < -0.3 is 15.0 Å². The molecule has 3 nitrogen and oxygen atoms in total. The monoisotopic (exact) mass is 238 g/mol. The van der Waals surface area contributed by atoms with Crippen molar-refractivity contribution in [3.8, 4) is 0 Å². The van der Waals surface area contributed by atoms with E-state index in [2.05, 4.69) is 49.1 Å². The molecule has 1 aromatic heterocycles. The van der Waals surface area contributed by atoms with Gasteiger partial charge in [-0.3, -0.25) is 0 Å². The number of aromatic nitrogens is 1. The Hall–Kier alpha value is -0.800. The van der Waals surface area contributed by atoms with Crippen molar-refractivity contribution in [2.45, 2.75) is 58.7 Å². The van der Waals surface area contributed by atoms with E-state index in [0.29, 0.717) is 0 Å². The van der Waals surface area contributed by atoms with Crippen LogP contribution >= 0.6 is 0 Å². The van der Waals surface area contributed by atoms with Crippen LogP contribution in [0.5, 0.6) is 0 Å². The molecule has 17 heavy (non-hydrogen) atoms. The van der Waals surface area contributed by atoms with Gasteiger partial charge in [0.15, 0.2) is 0 Å². The minimum atomic E-state index is 0.0433. The fraction of sp³-hybridized carbons (Fsp3) is 0.714. The quantitative estimate of drug-likeness (QED) is 0.730. The second kappa shape index (κ2) is 6.82. The molecule has 1 aromatic rings. The number of aliphatic hydroxyl groups is 1. The van der Waals surface area contributed by atoms with Gasteiger partial charge in [-0.2, -0.15) is 0 Å². The fourth-order valence-electron chi connectivity index (χ4n) is 1.94. The predicted octanol–water partition coefficient (Wildman–Crippen LogP) is 2.54. The number of aliphatic hydroxyl groups excluding tert-OH is 1. The van der Waals surface area contributed by atoms with Gasteiger partial charge >= 0.3 is 0 Å². The largest absolute Gasteiger partial charge is 0.396 e. The maximum absolute atomic E-state index is 9.06. The topological polar surface area (TPSA) is 37.2 Å². The zero-order valence-electron chi connectivity index (χ0n) is 11.4. The van der Waals surface area contributed by atoms with Crippen LogP contribution in [0.3, 0.4) is 0 Å². The average molecular weight is 238 g/mol. The Kier molecular flexibility index (Phi) is 5.72. The SMILES string of the molecule is CCCn1ccc(CNC(C)(CC)CCO)c1. The van der Waals surface area contributed by atoms with Gasteiger partial charge in [-0.25, -0.2) is 0 Å². The lowest BCUT2D eigenvalue weighted by Crippen LogP contribution is -2.41. The molecule has 0 radical (unpaired) electrons. The first kappa shape index (κ1) is 14.3. The average Bonchev–Trinajstić information content (AvgIpc) is 2.75. The summed E-state index contributed by atoms with van der Waals surface area (Å²) in [5.74, 6) is 0. The molecule has 0 saturated heterocycles. The minimum Gasteiger partial charge on any atom is -0.396 e. The highest BCUT2D eigenvalue weighted by Crippen LogP contribution is 2.15. The molecule has 0 amide bonds. The predicted molar refractivity (Wildman–Crippen MR) is 72.0 cm³/mol. The molecule has 3 heteroatoms. The van der Waals surface area contributed by atoms with Gasteiger partial charge in [-0.1, -0.05) is 13.8 Å². The summed E-state index contributed by atoms with van der Waals surface area (Å²) in [4.78, 5) is 0. The number of nitrogens with zero attached hydrogens (tertiary/aromatic N) is 1. The van der Waals surface area contributed by atoms with Gasteiger partial charge in [0.05, 0.1) is 0 Å². The lowest BCUT2D eigenvalue weighted by Gasteiger charge is -2.29. The second-order valence-electron chi connectivity index (χ2n) is 5.00. The van der Waals surface area contributed by atoms with Gasteiger partial charge in [-0.05, 0) is 37.8 Å². The van der Waals surface area contributed by atoms with E-state index in [4.69, 9.17) is 5.11 Å². The first-order valence-electron chi connectivity index (χ1n) is 6.64. The van der Waals surface area contributed by atoms with Crippen molar-refractivity contribution in [3.63, 3.8) is 0 Å². The van der Waals surface area contributed by atoms with Crippen molar-refractivity contribution in [2.24, 2.45) is 0 Å². The standard InChI is InChI=1S/C14H26N2O/c1-4-8-16-9-6-13(12-16)11-15-14(3,5-2)7-10-17/h6,9,12,15,17H,4-5,7-8,10-11H2,1-3H3. The Labute approximate surface area is 105 Å². The molecule has 1 unspecified atom stereocenters. The van der Waals surface area contributed by atoms with Crippen molar-refractivity contribution in [2.75, 3.05) is 6.61 Å². The van der Waals surface area contributed by atoms with Crippen LogP contribution in [0.1, 0.15) is 45.6 Å². The molecule has 2 N–H and O–H groups in total. The highest BCUT2D eigenvalue weighted by atomic mass is 16.3. The third-order valence-corrected chi connectivity index (χ3v) is 3.46. The molecule has 0 aliphatic rings. The number of hydrogen-bond acceptors (Lipinski definition) is 2. The van der Waals surface area contributed by atoms with Crippen molar-refractivity contribution in [1.82, 2.24) is 9.88 Å². The van der Waals surface area contributed by atoms with Gasteiger partial charge in [0, 0.05) is 37.6 Å². The Balaban J connectivity index is 2.47. The third-order valence-electron chi connectivity index (χ3n) is 3.46. The summed E-state index contributed by atoms with van der Waals surface area (Å²) >= 11 is 0. The Morgan fingerprint density at radius 1 is 1.41 bits per heavy atom. The van der Waals surface area contributed by atoms with Crippen LogP contribution in [0.25, 0.3) is 0 Å². The first-order chi connectivity index (χ1) is 8.13. The van der Waals surface area contributed by atoms with Gasteiger partial charge in [0.1, 0.15) is 0 Å². The summed E-state index contributed by atoms with van der Waals surface area (Å²) in [6.07, 6.45) is 7.34. The molecule has 1 heterocycles. The first-order valence-corrected chi connectivity index (χ1v) is 6.64. The molecule has 1 atom stereocenters. The molecule has 1 rings (SSSR count). The zero-order chi connectivity index (χ0) is 12.7. The molecule has 0 aliphatic carbocycles. The number of hydrogen-bond donors (Lipinski definition) is 2. The van der Waals surface area contributed by atoms with E-state index in [1.165, 1.54) is 12.0 Å². The van der Waals surface area contributed by atoms with Gasteiger partial charge in [0.25, 0.3) is 0 Å². The Bertz CT molecular complexity index is 322. The lowest BCUT2D eigenvalue weighted by molar-refractivity contribution is 0.214.